The third-order valence-corrected chi connectivity index (χ3v) is 5.68. The standard InChI is InChI=1S/C20H19F3N6S/c21-20(22,23)13-4-1-11(2-5-13)7-14(24)9-26-19-27-10-17(30-19)12-3-6-16-15(8-12)18(25)29-28-16/h1-6,8,10,14H,7,9,24H2,(H,26,27)(H3,25,28,29). The van der Waals surface area contributed by atoms with Gasteiger partial charge in [-0.1, -0.05) is 29.5 Å². The van der Waals surface area contributed by atoms with Crippen molar-refractivity contribution in [2.75, 3.05) is 17.6 Å². The van der Waals surface area contributed by atoms with Crippen molar-refractivity contribution in [1.29, 1.82) is 0 Å². The first-order chi connectivity index (χ1) is 14.3. The van der Waals surface area contributed by atoms with Gasteiger partial charge in [0.05, 0.1) is 16.0 Å². The lowest BCUT2D eigenvalue weighted by Crippen LogP contribution is -2.31. The zero-order valence-electron chi connectivity index (χ0n) is 15.7. The number of anilines is 2. The Kier molecular flexibility index (Phi) is 5.35. The minimum Gasteiger partial charge on any atom is -0.382 e. The molecule has 6 N–H and O–H groups in total. The molecule has 2 aromatic carbocycles. The summed E-state index contributed by atoms with van der Waals surface area (Å²) in [7, 11) is 0. The van der Waals surface area contributed by atoms with Crippen LogP contribution in [-0.2, 0) is 12.6 Å². The van der Waals surface area contributed by atoms with Crippen LogP contribution in [0.4, 0.5) is 24.1 Å². The van der Waals surface area contributed by atoms with Gasteiger partial charge in [0.15, 0.2) is 10.9 Å². The van der Waals surface area contributed by atoms with E-state index < -0.39 is 11.7 Å². The van der Waals surface area contributed by atoms with Crippen molar-refractivity contribution in [3.05, 3.63) is 59.8 Å². The van der Waals surface area contributed by atoms with Crippen LogP contribution in [-0.4, -0.2) is 27.8 Å². The van der Waals surface area contributed by atoms with Crippen molar-refractivity contribution in [3.8, 4) is 10.4 Å². The summed E-state index contributed by atoms with van der Waals surface area (Å²) in [5, 5.41) is 11.6. The molecule has 10 heteroatoms. The third-order valence-electron chi connectivity index (χ3n) is 4.68. The first kappa shape index (κ1) is 20.2. The first-order valence-corrected chi connectivity index (χ1v) is 9.96. The molecule has 0 aliphatic heterocycles. The number of thiazole rings is 1. The molecule has 30 heavy (non-hydrogen) atoms. The average Bonchev–Trinajstić information content (AvgIpc) is 3.33. The number of hydrogen-bond acceptors (Lipinski definition) is 6. The van der Waals surface area contributed by atoms with Crippen molar-refractivity contribution in [2.24, 2.45) is 5.73 Å². The van der Waals surface area contributed by atoms with Gasteiger partial charge in [-0.15, -0.1) is 0 Å². The van der Waals surface area contributed by atoms with E-state index >= 15 is 0 Å². The van der Waals surface area contributed by atoms with Crippen LogP contribution in [0.1, 0.15) is 11.1 Å². The maximum atomic E-state index is 12.6. The smallest absolute Gasteiger partial charge is 0.382 e. The molecule has 0 aliphatic carbocycles. The summed E-state index contributed by atoms with van der Waals surface area (Å²) >= 11 is 1.48. The Morgan fingerprint density at radius 2 is 1.90 bits per heavy atom. The summed E-state index contributed by atoms with van der Waals surface area (Å²) in [5.41, 5.74) is 13.9. The molecule has 156 valence electrons. The van der Waals surface area contributed by atoms with E-state index in [1.54, 1.807) is 6.20 Å². The second-order valence-corrected chi connectivity index (χ2v) is 7.97. The lowest BCUT2D eigenvalue weighted by Gasteiger charge is -2.13. The highest BCUT2D eigenvalue weighted by Crippen LogP contribution is 2.32. The number of aromatic amines is 1. The Hall–Kier alpha value is -3.11. The predicted octanol–water partition coefficient (Wildman–Crippen LogP) is 4.27. The van der Waals surface area contributed by atoms with Gasteiger partial charge in [-0.3, -0.25) is 5.10 Å². The van der Waals surface area contributed by atoms with Gasteiger partial charge >= 0.3 is 6.18 Å². The van der Waals surface area contributed by atoms with Crippen LogP contribution in [0, 0.1) is 0 Å². The second-order valence-electron chi connectivity index (χ2n) is 6.94. The Morgan fingerprint density at radius 3 is 2.63 bits per heavy atom. The topological polar surface area (TPSA) is 106 Å². The Labute approximate surface area is 174 Å². The van der Waals surface area contributed by atoms with E-state index in [4.69, 9.17) is 11.5 Å². The molecule has 1 unspecified atom stereocenters. The summed E-state index contributed by atoms with van der Waals surface area (Å²) in [6.45, 7) is 0.446. The van der Waals surface area contributed by atoms with E-state index in [9.17, 15) is 13.2 Å². The molecule has 1 atom stereocenters. The number of H-pyrrole nitrogens is 1. The zero-order chi connectivity index (χ0) is 21.3. The highest BCUT2D eigenvalue weighted by Gasteiger charge is 2.29. The van der Waals surface area contributed by atoms with Crippen LogP contribution in [0.2, 0.25) is 0 Å². The van der Waals surface area contributed by atoms with Crippen LogP contribution in [0.5, 0.6) is 0 Å². The quantitative estimate of drug-likeness (QED) is 0.364. The number of nitrogens with zero attached hydrogens (tertiary/aromatic N) is 2. The number of hydrogen-bond donors (Lipinski definition) is 4. The monoisotopic (exact) mass is 432 g/mol. The Morgan fingerprint density at radius 1 is 1.13 bits per heavy atom. The Bertz CT molecular complexity index is 1150. The third kappa shape index (κ3) is 4.39. The molecule has 4 aromatic rings. The number of alkyl halides is 3. The van der Waals surface area contributed by atoms with E-state index in [1.807, 2.05) is 18.2 Å². The van der Waals surface area contributed by atoms with Gasteiger partial charge < -0.3 is 16.8 Å². The number of fused-ring (bicyclic) bond motifs is 1. The maximum Gasteiger partial charge on any atom is 0.416 e. The fourth-order valence-corrected chi connectivity index (χ4v) is 3.92. The van der Waals surface area contributed by atoms with Gasteiger partial charge in [0.2, 0.25) is 0 Å². The second kappa shape index (κ2) is 7.96. The van der Waals surface area contributed by atoms with Crippen molar-refractivity contribution >= 4 is 33.2 Å². The van der Waals surface area contributed by atoms with Crippen LogP contribution < -0.4 is 16.8 Å². The van der Waals surface area contributed by atoms with E-state index in [0.717, 1.165) is 39.0 Å². The normalized spacial score (nSPS) is 12.9. The van der Waals surface area contributed by atoms with Crippen LogP contribution in [0.15, 0.2) is 48.7 Å². The van der Waals surface area contributed by atoms with Crippen molar-refractivity contribution in [3.63, 3.8) is 0 Å². The molecule has 0 spiro atoms. The molecule has 2 aromatic heterocycles. The lowest BCUT2D eigenvalue weighted by molar-refractivity contribution is -0.137. The number of rotatable bonds is 6. The molecular formula is C20H19F3N6S. The summed E-state index contributed by atoms with van der Waals surface area (Å²) in [6.07, 6.45) is -2.11. The molecule has 4 rings (SSSR count). The van der Waals surface area contributed by atoms with Crippen molar-refractivity contribution < 1.29 is 13.2 Å². The molecular weight excluding hydrogens is 413 g/mol. The fourth-order valence-electron chi connectivity index (χ4n) is 3.10. The number of halogens is 3. The van der Waals surface area contributed by atoms with E-state index in [0.29, 0.717) is 23.9 Å². The molecule has 0 amide bonds. The van der Waals surface area contributed by atoms with Gasteiger partial charge in [-0.25, -0.2) is 4.98 Å². The van der Waals surface area contributed by atoms with Gasteiger partial charge in [-0.2, -0.15) is 18.3 Å². The number of benzene rings is 2. The highest BCUT2D eigenvalue weighted by molar-refractivity contribution is 7.18. The van der Waals surface area contributed by atoms with Gasteiger partial charge in [-0.05, 0) is 41.8 Å². The minimum atomic E-state index is -4.33. The number of nitrogen functional groups attached to an aromatic ring is 1. The molecule has 0 saturated carbocycles. The number of nitrogens with two attached hydrogens (primary N) is 2. The molecule has 0 radical (unpaired) electrons. The lowest BCUT2D eigenvalue weighted by atomic mass is 10.0. The summed E-state index contributed by atoms with van der Waals surface area (Å²) in [6, 6.07) is 10.6. The van der Waals surface area contributed by atoms with E-state index in [-0.39, 0.29) is 6.04 Å². The average molecular weight is 432 g/mol. The first-order valence-electron chi connectivity index (χ1n) is 9.15. The molecule has 2 heterocycles. The van der Waals surface area contributed by atoms with Gasteiger partial charge in [0.1, 0.15) is 0 Å². The maximum absolute atomic E-state index is 12.6. The molecule has 0 fully saturated rings. The fraction of sp³-hybridized carbons (Fsp3) is 0.200. The van der Waals surface area contributed by atoms with Crippen LogP contribution in [0.25, 0.3) is 21.3 Å². The van der Waals surface area contributed by atoms with E-state index in [1.165, 1.54) is 23.5 Å². The molecule has 6 nitrogen and oxygen atoms in total. The SMILES string of the molecule is Nc1n[nH]c2ccc(-c3cnc(NCC(N)Cc4ccc(C(F)(F)F)cc4)s3)cc12. The van der Waals surface area contributed by atoms with Gasteiger partial charge in [0, 0.05) is 24.2 Å². The van der Waals surface area contributed by atoms with Crippen molar-refractivity contribution in [2.45, 2.75) is 18.6 Å². The molecule has 0 bridgehead atoms. The summed E-state index contributed by atoms with van der Waals surface area (Å²) < 4.78 is 37.9. The van der Waals surface area contributed by atoms with E-state index in [2.05, 4.69) is 20.5 Å². The molecule has 0 saturated heterocycles. The summed E-state index contributed by atoms with van der Waals surface area (Å²) in [4.78, 5) is 5.34. The zero-order valence-corrected chi connectivity index (χ0v) is 16.5. The van der Waals surface area contributed by atoms with Crippen molar-refractivity contribution in [1.82, 2.24) is 15.2 Å². The van der Waals surface area contributed by atoms with Gasteiger partial charge in [0.25, 0.3) is 0 Å². The largest absolute Gasteiger partial charge is 0.416 e. The minimum absolute atomic E-state index is 0.267. The number of aromatic nitrogens is 3. The van der Waals surface area contributed by atoms with Crippen LogP contribution >= 0.6 is 11.3 Å². The highest BCUT2D eigenvalue weighted by atomic mass is 32.1. The Balaban J connectivity index is 1.36. The van der Waals surface area contributed by atoms with Crippen LogP contribution in [0.3, 0.4) is 0 Å². The predicted molar refractivity (Wildman–Crippen MR) is 113 cm³/mol. The summed E-state index contributed by atoms with van der Waals surface area (Å²) in [5.74, 6) is 0.448. The number of nitrogens with one attached hydrogen (secondary N) is 2. The molecule has 0 aliphatic rings.